The van der Waals surface area contributed by atoms with E-state index < -0.39 is 11.5 Å². The molecule has 1 saturated heterocycles. The number of carboxylic acids is 1. The Kier molecular flexibility index (Phi) is 4.54. The highest BCUT2D eigenvalue weighted by Gasteiger charge is 2.31. The number of piperidine rings is 1. The van der Waals surface area contributed by atoms with Gasteiger partial charge in [0, 0.05) is 18.5 Å². The van der Waals surface area contributed by atoms with Crippen LogP contribution in [0.5, 0.6) is 0 Å². The molecule has 7 nitrogen and oxygen atoms in total. The van der Waals surface area contributed by atoms with E-state index in [9.17, 15) is 15.2 Å². The fourth-order valence-electron chi connectivity index (χ4n) is 3.22. The number of nitriles is 1. The number of anilines is 2. The molecular formula is C17H21N5O2S. The average Bonchev–Trinajstić information content (AvgIpc) is 2.93. The number of nitrogens with two attached hydrogens (primary N) is 2. The van der Waals surface area contributed by atoms with E-state index in [1.807, 2.05) is 6.07 Å². The Morgan fingerprint density at radius 3 is 2.76 bits per heavy atom. The number of aromatic nitrogens is 1. The first-order valence-corrected chi connectivity index (χ1v) is 9.10. The quantitative estimate of drug-likeness (QED) is 0.764. The number of aromatic carboxylic acids is 1. The summed E-state index contributed by atoms with van der Waals surface area (Å²) in [6.45, 7) is 3.38. The highest BCUT2D eigenvalue weighted by atomic mass is 32.1. The van der Waals surface area contributed by atoms with Crippen molar-refractivity contribution in [3.05, 3.63) is 16.5 Å². The topological polar surface area (TPSA) is 129 Å². The van der Waals surface area contributed by atoms with Crippen LogP contribution < -0.4 is 16.4 Å². The number of fused-ring (bicyclic) bond motifs is 1. The molecule has 0 saturated carbocycles. The largest absolute Gasteiger partial charge is 0.477 e. The molecule has 25 heavy (non-hydrogen) atoms. The van der Waals surface area contributed by atoms with Gasteiger partial charge in [0.25, 0.3) is 0 Å². The Hall–Kier alpha value is -2.37. The minimum absolute atomic E-state index is 0.140. The zero-order valence-electron chi connectivity index (χ0n) is 14.1. The highest BCUT2D eigenvalue weighted by Crippen LogP contribution is 2.38. The first-order valence-electron chi connectivity index (χ1n) is 8.29. The molecule has 132 valence electrons. The van der Waals surface area contributed by atoms with Gasteiger partial charge in [0.2, 0.25) is 0 Å². The molecule has 5 N–H and O–H groups in total. The predicted molar refractivity (Wildman–Crippen MR) is 99.0 cm³/mol. The Labute approximate surface area is 149 Å². The third kappa shape index (κ3) is 3.13. The molecule has 1 aliphatic rings. The smallest absolute Gasteiger partial charge is 0.348 e. The SMILES string of the molecule is CCCc1cc(N2CCC(N)(C#N)CC2)nc2sc(C(=O)O)c(N)c12. The van der Waals surface area contributed by atoms with E-state index in [1.54, 1.807) is 0 Å². The Balaban J connectivity index is 2.03. The van der Waals surface area contributed by atoms with Crippen LogP contribution in [0.15, 0.2) is 6.07 Å². The maximum absolute atomic E-state index is 11.4. The van der Waals surface area contributed by atoms with Crippen LogP contribution in [0.2, 0.25) is 0 Å². The number of aryl methyl sites for hydroxylation is 1. The van der Waals surface area contributed by atoms with Crippen LogP contribution in [0.25, 0.3) is 10.2 Å². The second-order valence-corrected chi connectivity index (χ2v) is 7.47. The first-order chi connectivity index (χ1) is 11.9. The molecule has 1 aliphatic heterocycles. The van der Waals surface area contributed by atoms with Gasteiger partial charge in [-0.1, -0.05) is 13.3 Å². The van der Waals surface area contributed by atoms with E-state index in [4.69, 9.17) is 11.5 Å². The number of pyridine rings is 1. The van der Waals surface area contributed by atoms with Crippen molar-refractivity contribution in [1.29, 1.82) is 5.26 Å². The zero-order chi connectivity index (χ0) is 18.2. The molecule has 0 unspecified atom stereocenters. The van der Waals surface area contributed by atoms with Crippen molar-refractivity contribution in [3.63, 3.8) is 0 Å². The third-order valence-corrected chi connectivity index (χ3v) is 5.77. The highest BCUT2D eigenvalue weighted by molar-refractivity contribution is 7.21. The van der Waals surface area contributed by atoms with Crippen molar-refractivity contribution in [1.82, 2.24) is 4.98 Å². The van der Waals surface area contributed by atoms with Crippen LogP contribution in [0.4, 0.5) is 11.5 Å². The molecule has 2 aromatic heterocycles. The molecule has 8 heteroatoms. The van der Waals surface area contributed by atoms with Gasteiger partial charge in [-0.05, 0) is 30.9 Å². The van der Waals surface area contributed by atoms with E-state index in [0.717, 1.165) is 40.9 Å². The Morgan fingerprint density at radius 2 is 2.20 bits per heavy atom. The summed E-state index contributed by atoms with van der Waals surface area (Å²) >= 11 is 1.12. The molecule has 0 aromatic carbocycles. The zero-order valence-corrected chi connectivity index (χ0v) is 14.9. The van der Waals surface area contributed by atoms with Crippen molar-refractivity contribution in [2.45, 2.75) is 38.1 Å². The number of hydrogen-bond donors (Lipinski definition) is 3. The van der Waals surface area contributed by atoms with Crippen LogP contribution in [-0.2, 0) is 6.42 Å². The van der Waals surface area contributed by atoms with Crippen molar-refractivity contribution in [2.75, 3.05) is 23.7 Å². The monoisotopic (exact) mass is 359 g/mol. The van der Waals surface area contributed by atoms with Gasteiger partial charge in [-0.15, -0.1) is 11.3 Å². The number of nitrogen functional groups attached to an aromatic ring is 1. The number of thiophene rings is 1. The van der Waals surface area contributed by atoms with E-state index >= 15 is 0 Å². The van der Waals surface area contributed by atoms with Gasteiger partial charge in [0.15, 0.2) is 0 Å². The lowest BCUT2D eigenvalue weighted by Crippen LogP contribution is -2.49. The average molecular weight is 359 g/mol. The molecule has 2 aromatic rings. The van der Waals surface area contributed by atoms with Crippen LogP contribution in [-0.4, -0.2) is 34.7 Å². The summed E-state index contributed by atoms with van der Waals surface area (Å²) in [5, 5.41) is 19.3. The normalized spacial score (nSPS) is 16.8. The second kappa shape index (κ2) is 6.50. The lowest BCUT2D eigenvalue weighted by molar-refractivity contribution is 0.0703. The fraction of sp³-hybridized carbons (Fsp3) is 0.471. The lowest BCUT2D eigenvalue weighted by Gasteiger charge is -2.35. The van der Waals surface area contributed by atoms with Gasteiger partial charge < -0.3 is 21.5 Å². The van der Waals surface area contributed by atoms with Crippen molar-refractivity contribution >= 4 is 39.0 Å². The lowest BCUT2D eigenvalue weighted by atomic mass is 9.90. The first kappa shape index (κ1) is 17.5. The summed E-state index contributed by atoms with van der Waals surface area (Å²) < 4.78 is 0. The maximum atomic E-state index is 11.4. The molecule has 0 radical (unpaired) electrons. The van der Waals surface area contributed by atoms with Gasteiger partial charge in [-0.3, -0.25) is 0 Å². The van der Waals surface area contributed by atoms with E-state index in [2.05, 4.69) is 22.9 Å². The molecule has 0 bridgehead atoms. The van der Waals surface area contributed by atoms with Crippen LogP contribution in [0.1, 0.15) is 41.4 Å². The maximum Gasteiger partial charge on any atom is 0.348 e. The molecule has 0 atom stereocenters. The number of hydrogen-bond acceptors (Lipinski definition) is 7. The summed E-state index contributed by atoms with van der Waals surface area (Å²) in [5.41, 5.74) is 12.7. The van der Waals surface area contributed by atoms with Gasteiger partial charge in [-0.2, -0.15) is 5.26 Å². The van der Waals surface area contributed by atoms with E-state index in [1.165, 1.54) is 0 Å². The molecular weight excluding hydrogens is 338 g/mol. The second-order valence-electron chi connectivity index (χ2n) is 6.47. The number of rotatable bonds is 4. The predicted octanol–water partition coefficient (Wildman–Crippen LogP) is 2.35. The molecule has 0 spiro atoms. The summed E-state index contributed by atoms with van der Waals surface area (Å²) in [5.74, 6) is -0.224. The molecule has 0 aliphatic carbocycles. The summed E-state index contributed by atoms with van der Waals surface area (Å²) in [6.07, 6.45) is 2.90. The van der Waals surface area contributed by atoms with Crippen LogP contribution in [0, 0.1) is 11.3 Å². The number of carboxylic acid groups (broad SMARTS) is 1. The van der Waals surface area contributed by atoms with Crippen molar-refractivity contribution in [2.24, 2.45) is 5.73 Å². The molecule has 1 fully saturated rings. The van der Waals surface area contributed by atoms with Crippen LogP contribution in [0.3, 0.4) is 0 Å². The van der Waals surface area contributed by atoms with E-state index in [0.29, 0.717) is 36.4 Å². The van der Waals surface area contributed by atoms with Gasteiger partial charge in [0.1, 0.15) is 21.1 Å². The summed E-state index contributed by atoms with van der Waals surface area (Å²) in [4.78, 5) is 19.0. The molecule has 0 amide bonds. The fourth-order valence-corrected chi connectivity index (χ4v) is 4.19. The van der Waals surface area contributed by atoms with Gasteiger partial charge in [0.05, 0.1) is 11.8 Å². The van der Waals surface area contributed by atoms with Gasteiger partial charge >= 0.3 is 5.97 Å². The standard InChI is InChI=1S/C17H21N5O2S/c1-2-3-10-8-11(22-6-4-17(20,9-18)5-7-22)21-15-12(10)13(19)14(25-15)16(23)24/h8H,2-7,19-20H2,1H3,(H,23,24). The Morgan fingerprint density at radius 1 is 1.52 bits per heavy atom. The van der Waals surface area contributed by atoms with Crippen molar-refractivity contribution < 1.29 is 9.90 Å². The minimum atomic E-state index is -1.02. The van der Waals surface area contributed by atoms with Crippen LogP contribution >= 0.6 is 11.3 Å². The third-order valence-electron chi connectivity index (χ3n) is 4.68. The Bertz CT molecular complexity index is 862. The summed E-state index contributed by atoms with van der Waals surface area (Å²) in [7, 11) is 0. The van der Waals surface area contributed by atoms with Gasteiger partial charge in [-0.25, -0.2) is 9.78 Å². The minimum Gasteiger partial charge on any atom is -0.477 e. The molecule has 3 rings (SSSR count). The van der Waals surface area contributed by atoms with E-state index in [-0.39, 0.29) is 4.88 Å². The number of nitrogens with zero attached hydrogens (tertiary/aromatic N) is 3. The molecule has 3 heterocycles. The number of carbonyl (C=O) groups is 1. The van der Waals surface area contributed by atoms with Crippen molar-refractivity contribution in [3.8, 4) is 6.07 Å². The summed E-state index contributed by atoms with van der Waals surface area (Å²) in [6, 6.07) is 4.18.